The molecule has 0 aromatic carbocycles. The van der Waals surface area contributed by atoms with E-state index in [0.717, 1.165) is 0 Å². The maximum absolute atomic E-state index is 0. The predicted molar refractivity (Wildman–Crippen MR) is 2.13 cm³/mol. The summed E-state index contributed by atoms with van der Waals surface area (Å²) in [5, 5.41) is 0. The second-order valence-electron chi connectivity index (χ2n) is 0. The number of hydrogen-bond donors (Lipinski definition) is 0. The molecule has 4 heavy (non-hydrogen) atoms. The first-order chi connectivity index (χ1) is 0. The van der Waals surface area contributed by atoms with Gasteiger partial charge in [-0.2, -0.15) is 0 Å². The van der Waals surface area contributed by atoms with Crippen LogP contribution in [0.2, 0.25) is 0 Å². The second-order valence-corrected chi connectivity index (χ2v) is 0. The zero-order valence-electron chi connectivity index (χ0n) is 1.50. The Morgan fingerprint density at radius 1 is 0.750 bits per heavy atom. The van der Waals surface area contributed by atoms with E-state index in [2.05, 4.69) is 0 Å². The molecule has 4 radical (unpaired) electrons. The fraction of sp³-hybridized carbons (Fsp3) is 0. The zero-order chi connectivity index (χ0) is 0. The van der Waals surface area contributed by atoms with Gasteiger partial charge >= 0.3 is 17.1 Å². The summed E-state index contributed by atoms with van der Waals surface area (Å²) in [6, 6.07) is 0. The van der Waals surface area contributed by atoms with Gasteiger partial charge in [0.15, 0.2) is 0 Å². The van der Waals surface area contributed by atoms with Crippen LogP contribution in [0.3, 0.4) is 0 Å². The molecule has 0 aromatic rings. The first-order valence-corrected chi connectivity index (χ1v) is 0. The Morgan fingerprint density at radius 2 is 0.750 bits per heavy atom. The molecular weight excluding hydrogens is 148 g/mol. The summed E-state index contributed by atoms with van der Waals surface area (Å²) in [6.45, 7) is 0. The van der Waals surface area contributed by atoms with Crippen molar-refractivity contribution in [1.29, 1.82) is 0 Å². The van der Waals surface area contributed by atoms with Gasteiger partial charge in [-0.25, -0.2) is 0 Å². The van der Waals surface area contributed by atoms with Crippen LogP contribution in [-0.4, -0.2) is 0 Å². The minimum atomic E-state index is 0. The van der Waals surface area contributed by atoms with Crippen molar-refractivity contribution >= 4 is 0 Å². The normalized spacial score (nSPS) is 0. The van der Waals surface area contributed by atoms with Crippen LogP contribution in [0, 0.1) is 0 Å². The van der Waals surface area contributed by atoms with Crippen molar-refractivity contribution < 1.29 is 41.9 Å². The summed E-state index contributed by atoms with van der Waals surface area (Å²) < 4.78 is 0. The Labute approximate surface area is 48.4 Å². The minimum Gasteiger partial charge on any atom is -1.00 e. The van der Waals surface area contributed by atoms with E-state index in [9.17, 15) is 0 Å². The smallest absolute Gasteiger partial charge is 1.00 e. The molecule has 0 saturated carbocycles. The molecular formula is Cl2CuN. The number of rotatable bonds is 0. The summed E-state index contributed by atoms with van der Waals surface area (Å²) in [4.78, 5) is 0. The Bertz CT molecular complexity index is 6.00. The molecule has 0 rings (SSSR count). The monoisotopic (exact) mass is 147 g/mol. The van der Waals surface area contributed by atoms with Crippen molar-refractivity contribution in [3.8, 4) is 0 Å². The van der Waals surface area contributed by atoms with Crippen molar-refractivity contribution in [2.24, 2.45) is 0 Å². The average Bonchev–Trinajstić information content (AvgIpc) is 0. The van der Waals surface area contributed by atoms with Gasteiger partial charge in [-0.05, 0) is 0 Å². The van der Waals surface area contributed by atoms with Crippen LogP contribution in [0.25, 0.3) is 0 Å². The molecule has 0 spiro atoms. The summed E-state index contributed by atoms with van der Waals surface area (Å²) in [7, 11) is 0. The molecule has 0 fully saturated rings. The fourth-order valence-electron chi connectivity index (χ4n) is 0. The third kappa shape index (κ3) is 11.6. The van der Waals surface area contributed by atoms with E-state index in [0.29, 0.717) is 0 Å². The van der Waals surface area contributed by atoms with Gasteiger partial charge in [0, 0.05) is 6.15 Å². The molecule has 0 amide bonds. The Balaban J connectivity index is 0. The quantitative estimate of drug-likeness (QED) is 0.306. The van der Waals surface area contributed by atoms with Crippen LogP contribution < -0.4 is 31.0 Å². The average molecular weight is 148 g/mol. The van der Waals surface area contributed by atoms with Gasteiger partial charge in [-0.3, -0.25) is 0 Å². The summed E-state index contributed by atoms with van der Waals surface area (Å²) in [5.74, 6) is 0. The van der Waals surface area contributed by atoms with Gasteiger partial charge in [0.05, 0.1) is 0 Å². The largest absolute Gasteiger partial charge is 2.00 e. The van der Waals surface area contributed by atoms with Crippen molar-refractivity contribution in [2.45, 2.75) is 0 Å². The molecule has 4 heteroatoms. The topological polar surface area (TPSA) is 30.5 Å². The van der Waals surface area contributed by atoms with Gasteiger partial charge in [-0.15, -0.1) is 0 Å². The van der Waals surface area contributed by atoms with Crippen molar-refractivity contribution in [1.82, 2.24) is 6.15 Å². The number of hydrogen-bond acceptors (Lipinski definition) is 0. The van der Waals surface area contributed by atoms with E-state index >= 15 is 0 Å². The number of halogens is 2. The molecule has 1 nitrogen and oxygen atoms in total. The van der Waals surface area contributed by atoms with Crippen molar-refractivity contribution in [3.63, 3.8) is 0 Å². The van der Waals surface area contributed by atoms with E-state index in [1.165, 1.54) is 0 Å². The number of nitrogens with zero attached hydrogens (tertiary/aromatic N) is 1. The van der Waals surface area contributed by atoms with Crippen LogP contribution in [-0.2, 0) is 17.1 Å². The first kappa shape index (κ1) is 74.3. The third-order valence-corrected chi connectivity index (χ3v) is 0. The third-order valence-electron chi connectivity index (χ3n) is 0. The molecule has 30 valence electrons. The molecule has 0 aromatic heterocycles. The molecule has 0 aliphatic carbocycles. The van der Waals surface area contributed by atoms with Crippen LogP contribution in [0.15, 0.2) is 0 Å². The molecule has 0 saturated heterocycles. The van der Waals surface area contributed by atoms with Crippen molar-refractivity contribution in [3.05, 3.63) is 0 Å². The van der Waals surface area contributed by atoms with Crippen LogP contribution in [0.5, 0.6) is 0 Å². The molecule has 0 atom stereocenters. The van der Waals surface area contributed by atoms with Gasteiger partial charge in [0.1, 0.15) is 0 Å². The van der Waals surface area contributed by atoms with Crippen molar-refractivity contribution in [2.75, 3.05) is 0 Å². The molecule has 0 heterocycles. The molecule has 0 bridgehead atoms. The first-order valence-electron chi connectivity index (χ1n) is 0. The van der Waals surface area contributed by atoms with E-state index < -0.39 is 0 Å². The summed E-state index contributed by atoms with van der Waals surface area (Å²) in [6.07, 6.45) is 0. The Kier molecular flexibility index (Phi) is 629. The van der Waals surface area contributed by atoms with Crippen LogP contribution in [0.4, 0.5) is 0 Å². The zero-order valence-corrected chi connectivity index (χ0v) is 3.96. The maximum Gasteiger partial charge on any atom is 2.00 e. The van der Waals surface area contributed by atoms with E-state index in [1.807, 2.05) is 0 Å². The molecule has 0 N–H and O–H groups in total. The standard InChI is InChI=1S/2ClH.Cu.N/h2*1H;;/q;;+2;/p-2. The Hall–Kier alpha value is 1.06. The van der Waals surface area contributed by atoms with Crippen LogP contribution >= 0.6 is 0 Å². The summed E-state index contributed by atoms with van der Waals surface area (Å²) in [5.41, 5.74) is 0. The van der Waals surface area contributed by atoms with Gasteiger partial charge in [-0.1, -0.05) is 0 Å². The summed E-state index contributed by atoms with van der Waals surface area (Å²) >= 11 is 0. The van der Waals surface area contributed by atoms with E-state index in [4.69, 9.17) is 0 Å². The van der Waals surface area contributed by atoms with E-state index in [1.54, 1.807) is 0 Å². The Morgan fingerprint density at radius 3 is 0.750 bits per heavy atom. The SMILES string of the molecule is [Cl-].[Cl-].[Cu+2].[N]. The van der Waals surface area contributed by atoms with Crippen LogP contribution in [0.1, 0.15) is 0 Å². The second kappa shape index (κ2) is 33.9. The fourth-order valence-corrected chi connectivity index (χ4v) is 0. The molecule has 0 unspecified atom stereocenters. The van der Waals surface area contributed by atoms with Gasteiger partial charge < -0.3 is 24.8 Å². The maximum atomic E-state index is 0. The molecule has 0 aliphatic heterocycles. The predicted octanol–water partition coefficient (Wildman–Crippen LogP) is -6.48. The van der Waals surface area contributed by atoms with Gasteiger partial charge in [0.25, 0.3) is 0 Å². The van der Waals surface area contributed by atoms with Gasteiger partial charge in [0.2, 0.25) is 0 Å². The molecule has 0 aliphatic rings. The minimum absolute atomic E-state index is 0. The van der Waals surface area contributed by atoms with E-state index in [-0.39, 0.29) is 48.0 Å².